The van der Waals surface area contributed by atoms with Gasteiger partial charge in [-0.25, -0.2) is 0 Å². The summed E-state index contributed by atoms with van der Waals surface area (Å²) in [4.78, 5) is 34.3. The molecule has 0 aliphatic carbocycles. The molecule has 2 unspecified atom stereocenters. The number of aromatic nitrogens is 1. The van der Waals surface area contributed by atoms with Gasteiger partial charge in [-0.1, -0.05) is 31.2 Å². The zero-order valence-corrected chi connectivity index (χ0v) is 19.4. The Balaban J connectivity index is 1.70. The van der Waals surface area contributed by atoms with Crippen LogP contribution in [0.4, 0.5) is 0 Å². The number of aromatic amines is 1. The topological polar surface area (TPSA) is 74.9 Å². The number of H-pyrrole nitrogens is 1. The number of nitrogens with zero attached hydrogens (tertiary/aromatic N) is 2. The van der Waals surface area contributed by atoms with Gasteiger partial charge in [0.2, 0.25) is 11.8 Å². The van der Waals surface area contributed by atoms with Gasteiger partial charge < -0.3 is 24.3 Å². The molecule has 2 aliphatic heterocycles. The molecular formula is C26H29N3O4. The molecule has 2 aromatic carbocycles. The second kappa shape index (κ2) is 8.14. The van der Waals surface area contributed by atoms with Crippen molar-refractivity contribution < 1.29 is 19.1 Å². The number of para-hydroxylation sites is 1. The zero-order chi connectivity index (χ0) is 23.3. The van der Waals surface area contributed by atoms with Gasteiger partial charge in [-0.05, 0) is 42.7 Å². The molecule has 1 saturated heterocycles. The van der Waals surface area contributed by atoms with E-state index in [9.17, 15) is 9.59 Å². The van der Waals surface area contributed by atoms with Gasteiger partial charge in [0.1, 0.15) is 12.6 Å². The number of carbonyl (C=O) groups excluding carboxylic acids is 2. The molecule has 33 heavy (non-hydrogen) atoms. The molecule has 7 heteroatoms. The van der Waals surface area contributed by atoms with Crippen molar-refractivity contribution in [3.05, 3.63) is 59.3 Å². The number of carbonyl (C=O) groups is 2. The Bertz CT molecular complexity index is 1230. The second-order valence-corrected chi connectivity index (χ2v) is 8.82. The van der Waals surface area contributed by atoms with Crippen molar-refractivity contribution in [2.24, 2.45) is 0 Å². The van der Waals surface area contributed by atoms with Crippen molar-refractivity contribution in [2.45, 2.75) is 44.8 Å². The van der Waals surface area contributed by atoms with E-state index in [1.807, 2.05) is 50.2 Å². The molecule has 3 aromatic rings. The first-order valence-electron chi connectivity index (χ1n) is 11.4. The third-order valence-electron chi connectivity index (χ3n) is 7.14. The number of rotatable bonds is 5. The average Bonchev–Trinajstić information content (AvgIpc) is 3.22. The van der Waals surface area contributed by atoms with Crippen LogP contribution in [0.1, 0.15) is 43.1 Å². The fraction of sp³-hybridized carbons (Fsp3) is 0.385. The van der Waals surface area contributed by atoms with Gasteiger partial charge >= 0.3 is 0 Å². The lowest BCUT2D eigenvalue weighted by Crippen LogP contribution is -2.64. The maximum absolute atomic E-state index is 13.7. The predicted molar refractivity (Wildman–Crippen MR) is 125 cm³/mol. The van der Waals surface area contributed by atoms with Crippen molar-refractivity contribution in [3.8, 4) is 11.5 Å². The summed E-state index contributed by atoms with van der Waals surface area (Å²) in [5.74, 6) is 1.19. The maximum atomic E-state index is 13.7. The van der Waals surface area contributed by atoms with E-state index < -0.39 is 12.1 Å². The predicted octanol–water partition coefficient (Wildman–Crippen LogP) is 3.67. The molecule has 2 amide bonds. The lowest BCUT2D eigenvalue weighted by Gasteiger charge is -2.48. The van der Waals surface area contributed by atoms with Crippen LogP contribution >= 0.6 is 0 Å². The summed E-state index contributed by atoms with van der Waals surface area (Å²) in [5, 5.41) is 1.10. The quantitative estimate of drug-likeness (QED) is 0.648. The largest absolute Gasteiger partial charge is 0.493 e. The van der Waals surface area contributed by atoms with Crippen LogP contribution in [-0.4, -0.2) is 59.4 Å². The molecule has 172 valence electrons. The van der Waals surface area contributed by atoms with Crippen LogP contribution in [0, 0.1) is 0 Å². The van der Waals surface area contributed by atoms with Crippen LogP contribution < -0.4 is 9.47 Å². The minimum atomic E-state index is -0.537. The molecule has 3 heterocycles. The lowest BCUT2D eigenvalue weighted by molar-refractivity contribution is -0.160. The Labute approximate surface area is 193 Å². The number of hydrogen-bond donors (Lipinski definition) is 1. The molecule has 7 nitrogen and oxygen atoms in total. The molecular weight excluding hydrogens is 418 g/mol. The molecule has 1 N–H and O–H groups in total. The highest BCUT2D eigenvalue weighted by atomic mass is 16.5. The molecule has 1 aromatic heterocycles. The first-order chi connectivity index (χ1) is 16.0. The Kier molecular flexibility index (Phi) is 5.27. The van der Waals surface area contributed by atoms with Gasteiger partial charge in [-0.3, -0.25) is 9.59 Å². The highest BCUT2D eigenvalue weighted by Crippen LogP contribution is 2.44. The number of hydrogen-bond acceptors (Lipinski definition) is 4. The molecule has 0 spiro atoms. The lowest BCUT2D eigenvalue weighted by atomic mass is 9.85. The van der Waals surface area contributed by atoms with Crippen molar-refractivity contribution in [1.82, 2.24) is 14.8 Å². The van der Waals surface area contributed by atoms with Crippen LogP contribution in [0.5, 0.6) is 11.5 Å². The summed E-state index contributed by atoms with van der Waals surface area (Å²) in [5.41, 5.74) is 3.94. The first-order valence-corrected chi connectivity index (χ1v) is 11.4. The molecule has 5 rings (SSSR count). The third kappa shape index (κ3) is 3.25. The van der Waals surface area contributed by atoms with E-state index in [1.165, 1.54) is 0 Å². The fourth-order valence-electron chi connectivity index (χ4n) is 5.25. The summed E-state index contributed by atoms with van der Waals surface area (Å²) in [6.07, 6.45) is 1.31. The Morgan fingerprint density at radius 1 is 1.09 bits per heavy atom. The van der Waals surface area contributed by atoms with Crippen LogP contribution in [0.15, 0.2) is 42.5 Å². The smallest absolute Gasteiger partial charge is 0.246 e. The molecule has 0 radical (unpaired) electrons. The van der Waals surface area contributed by atoms with E-state index >= 15 is 0 Å². The number of piperazine rings is 1. The van der Waals surface area contributed by atoms with Gasteiger partial charge in [-0.15, -0.1) is 0 Å². The SMILES string of the molecule is CCC(C)N1CC(=O)N2C(c3ccc(OC)c(OC)c3)c3[nH]c4ccccc4c3C[C@H]2C1=O. The van der Waals surface area contributed by atoms with Crippen LogP contribution in [0.3, 0.4) is 0 Å². The van der Waals surface area contributed by atoms with Crippen LogP contribution in [-0.2, 0) is 16.0 Å². The van der Waals surface area contributed by atoms with Crippen LogP contribution in [0.25, 0.3) is 10.9 Å². The van der Waals surface area contributed by atoms with Crippen molar-refractivity contribution in [1.29, 1.82) is 0 Å². The van der Waals surface area contributed by atoms with Crippen molar-refractivity contribution in [2.75, 3.05) is 20.8 Å². The van der Waals surface area contributed by atoms with E-state index in [1.54, 1.807) is 24.0 Å². The summed E-state index contributed by atoms with van der Waals surface area (Å²) in [6.45, 7) is 4.15. The van der Waals surface area contributed by atoms with E-state index in [0.29, 0.717) is 17.9 Å². The van der Waals surface area contributed by atoms with E-state index in [-0.39, 0.29) is 24.4 Å². The third-order valence-corrected chi connectivity index (χ3v) is 7.14. The van der Waals surface area contributed by atoms with Gasteiger partial charge in [0.15, 0.2) is 11.5 Å². The molecule has 1 fully saturated rings. The van der Waals surface area contributed by atoms with Gasteiger partial charge in [-0.2, -0.15) is 0 Å². The molecule has 0 bridgehead atoms. The van der Waals surface area contributed by atoms with Crippen LogP contribution in [0.2, 0.25) is 0 Å². The minimum absolute atomic E-state index is 0.0188. The van der Waals surface area contributed by atoms with Crippen molar-refractivity contribution in [3.63, 3.8) is 0 Å². The maximum Gasteiger partial charge on any atom is 0.246 e. The number of nitrogens with one attached hydrogen (secondary N) is 1. The Morgan fingerprint density at radius 3 is 2.58 bits per heavy atom. The Morgan fingerprint density at radius 2 is 1.85 bits per heavy atom. The number of fused-ring (bicyclic) bond motifs is 4. The van der Waals surface area contributed by atoms with E-state index in [0.717, 1.165) is 34.1 Å². The molecule has 3 atom stereocenters. The van der Waals surface area contributed by atoms with Crippen molar-refractivity contribution >= 4 is 22.7 Å². The molecule has 0 saturated carbocycles. The normalized spacial score (nSPS) is 21.1. The highest BCUT2D eigenvalue weighted by Gasteiger charge is 2.49. The molecule has 2 aliphatic rings. The summed E-state index contributed by atoms with van der Waals surface area (Å²) < 4.78 is 11.0. The van der Waals surface area contributed by atoms with Gasteiger partial charge in [0.05, 0.1) is 20.3 Å². The summed E-state index contributed by atoms with van der Waals surface area (Å²) in [7, 11) is 3.19. The first kappa shape index (κ1) is 21.4. The Hall–Kier alpha value is -3.48. The number of amides is 2. The van der Waals surface area contributed by atoms with Gasteiger partial charge in [0.25, 0.3) is 0 Å². The highest BCUT2D eigenvalue weighted by molar-refractivity contribution is 5.97. The number of ether oxygens (including phenoxy) is 2. The van der Waals surface area contributed by atoms with E-state index in [2.05, 4.69) is 11.1 Å². The van der Waals surface area contributed by atoms with Gasteiger partial charge in [0, 0.05) is 29.1 Å². The zero-order valence-electron chi connectivity index (χ0n) is 19.4. The average molecular weight is 448 g/mol. The second-order valence-electron chi connectivity index (χ2n) is 8.82. The van der Waals surface area contributed by atoms with E-state index in [4.69, 9.17) is 9.47 Å². The number of methoxy groups -OCH3 is 2. The monoisotopic (exact) mass is 447 g/mol. The number of benzene rings is 2. The standard InChI is InChI=1S/C26H29N3O4/c1-5-15(2)28-14-23(30)29-20(26(28)31)13-18-17-8-6-7-9-19(17)27-24(18)25(29)16-10-11-21(32-3)22(12-16)33-4/h6-12,15,20,25,27H,5,13-14H2,1-4H3/t15?,20-,25?/m0/s1. The summed E-state index contributed by atoms with van der Waals surface area (Å²) >= 11 is 0. The minimum Gasteiger partial charge on any atom is -0.493 e. The fourth-order valence-corrected chi connectivity index (χ4v) is 5.25. The summed E-state index contributed by atoms with van der Waals surface area (Å²) in [6, 6.07) is 12.9.